The number of aromatic nitrogens is 3. The van der Waals surface area contributed by atoms with Crippen molar-refractivity contribution in [3.05, 3.63) is 34.9 Å². The van der Waals surface area contributed by atoms with E-state index in [2.05, 4.69) is 48.4 Å². The van der Waals surface area contributed by atoms with E-state index in [1.807, 2.05) is 45.4 Å². The van der Waals surface area contributed by atoms with Crippen molar-refractivity contribution in [2.75, 3.05) is 11.9 Å². The topological polar surface area (TPSA) is 81.1 Å². The summed E-state index contributed by atoms with van der Waals surface area (Å²) in [6, 6.07) is 3.85. The standard InChI is InChI=1S/C27H42FN5O2/c1-10-19-14-20(16-27(11-12-29-17(2)15-27)24(34)35-26(7,8)9)30-23(22(19)28)31-21-13-18(3)33(32-21)25(4,5)6/h13-14,17,29H,10-12,15-16H2,1-9H3,(H,30,31,32)/t17-,27-/m1/s1. The number of nitrogens with zero attached hydrogens (tertiary/aromatic N) is 3. The van der Waals surface area contributed by atoms with Crippen LogP contribution in [0.1, 0.15) is 85.2 Å². The number of halogens is 1. The Labute approximate surface area is 209 Å². The maximum absolute atomic E-state index is 15.3. The monoisotopic (exact) mass is 487 g/mol. The molecule has 0 spiro atoms. The Morgan fingerprint density at radius 3 is 2.51 bits per heavy atom. The van der Waals surface area contributed by atoms with Crippen LogP contribution in [0.4, 0.5) is 16.0 Å². The molecule has 0 aromatic carbocycles. The number of nitrogens with one attached hydrogen (secondary N) is 2. The van der Waals surface area contributed by atoms with Crippen LogP contribution in [0, 0.1) is 18.2 Å². The molecule has 0 aliphatic carbocycles. The van der Waals surface area contributed by atoms with Crippen molar-refractivity contribution in [1.29, 1.82) is 0 Å². The first-order valence-electron chi connectivity index (χ1n) is 12.6. The van der Waals surface area contributed by atoms with Crippen LogP contribution in [0.2, 0.25) is 0 Å². The van der Waals surface area contributed by atoms with E-state index in [4.69, 9.17) is 4.74 Å². The predicted molar refractivity (Wildman–Crippen MR) is 137 cm³/mol. The van der Waals surface area contributed by atoms with Gasteiger partial charge in [-0.3, -0.25) is 9.48 Å². The van der Waals surface area contributed by atoms with E-state index in [0.29, 0.717) is 42.8 Å². The molecule has 35 heavy (non-hydrogen) atoms. The summed E-state index contributed by atoms with van der Waals surface area (Å²) < 4.78 is 23.1. The molecule has 8 heteroatoms. The minimum absolute atomic E-state index is 0.138. The van der Waals surface area contributed by atoms with Crippen LogP contribution in [0.5, 0.6) is 0 Å². The molecule has 3 heterocycles. The first kappa shape index (κ1) is 27.1. The molecule has 2 atom stereocenters. The molecule has 2 aromatic heterocycles. The third-order valence-electron chi connectivity index (χ3n) is 6.38. The number of carbonyl (C=O) groups excluding carboxylic acids is 1. The van der Waals surface area contributed by atoms with Gasteiger partial charge in [0.1, 0.15) is 5.60 Å². The van der Waals surface area contributed by atoms with Crippen molar-refractivity contribution in [2.45, 2.75) is 105 Å². The third kappa shape index (κ3) is 6.40. The average molecular weight is 488 g/mol. The van der Waals surface area contributed by atoms with E-state index >= 15 is 4.39 Å². The average Bonchev–Trinajstić information content (AvgIpc) is 3.09. The molecule has 3 rings (SSSR count). The number of piperidine rings is 1. The van der Waals surface area contributed by atoms with Gasteiger partial charge in [-0.25, -0.2) is 9.37 Å². The highest BCUT2D eigenvalue weighted by atomic mass is 19.1. The van der Waals surface area contributed by atoms with Gasteiger partial charge in [0.2, 0.25) is 0 Å². The van der Waals surface area contributed by atoms with Gasteiger partial charge in [-0.05, 0) is 92.8 Å². The first-order valence-corrected chi connectivity index (χ1v) is 12.6. The Morgan fingerprint density at radius 1 is 1.29 bits per heavy atom. The second-order valence-electron chi connectivity index (χ2n) is 11.9. The fraction of sp³-hybridized carbons (Fsp3) is 0.667. The molecule has 194 valence electrons. The lowest BCUT2D eigenvalue weighted by Gasteiger charge is -2.40. The molecule has 1 saturated heterocycles. The first-order chi connectivity index (χ1) is 16.1. The lowest BCUT2D eigenvalue weighted by atomic mass is 9.72. The van der Waals surface area contributed by atoms with Gasteiger partial charge in [0.15, 0.2) is 17.5 Å². The number of carbonyl (C=O) groups is 1. The zero-order chi connectivity index (χ0) is 26.2. The van der Waals surface area contributed by atoms with Crippen LogP contribution < -0.4 is 10.6 Å². The summed E-state index contributed by atoms with van der Waals surface area (Å²) in [6.07, 6.45) is 2.19. The number of rotatable bonds is 6. The Bertz CT molecular complexity index is 1070. The van der Waals surface area contributed by atoms with E-state index in [9.17, 15) is 4.79 Å². The van der Waals surface area contributed by atoms with Crippen LogP contribution in [-0.2, 0) is 27.9 Å². The predicted octanol–water partition coefficient (Wildman–Crippen LogP) is 5.43. The molecule has 7 nitrogen and oxygen atoms in total. The van der Waals surface area contributed by atoms with Crippen LogP contribution in [0.15, 0.2) is 12.1 Å². The molecular weight excluding hydrogens is 445 g/mol. The molecule has 2 N–H and O–H groups in total. The van der Waals surface area contributed by atoms with Crippen molar-refractivity contribution in [3.63, 3.8) is 0 Å². The highest BCUT2D eigenvalue weighted by Gasteiger charge is 2.45. The molecule has 0 radical (unpaired) electrons. The van der Waals surface area contributed by atoms with Crippen molar-refractivity contribution in [3.8, 4) is 0 Å². The number of ether oxygens (including phenoxy) is 1. The van der Waals surface area contributed by atoms with E-state index in [0.717, 1.165) is 12.2 Å². The summed E-state index contributed by atoms with van der Waals surface area (Å²) in [5, 5.41) is 11.2. The highest BCUT2D eigenvalue weighted by Crippen LogP contribution is 2.38. The van der Waals surface area contributed by atoms with Gasteiger partial charge >= 0.3 is 5.97 Å². The molecular formula is C27H42FN5O2. The maximum Gasteiger partial charge on any atom is 0.313 e. The fourth-order valence-electron chi connectivity index (χ4n) is 4.88. The number of hydrogen-bond acceptors (Lipinski definition) is 6. The normalized spacial score (nSPS) is 21.1. The molecule has 0 bridgehead atoms. The van der Waals surface area contributed by atoms with Crippen LogP contribution >= 0.6 is 0 Å². The Balaban J connectivity index is 1.98. The number of esters is 1. The minimum atomic E-state index is -0.713. The van der Waals surface area contributed by atoms with E-state index < -0.39 is 11.0 Å². The lowest BCUT2D eigenvalue weighted by Crippen LogP contribution is -2.50. The molecule has 0 amide bonds. The fourth-order valence-corrected chi connectivity index (χ4v) is 4.88. The summed E-state index contributed by atoms with van der Waals surface area (Å²) in [5.74, 6) is 0.0837. The minimum Gasteiger partial charge on any atom is -0.460 e. The SMILES string of the molecule is CCc1cc(C[C@@]2(C(=O)OC(C)(C)C)CCN[C@H](C)C2)nc(Nc2cc(C)n(C(C)(C)C)n2)c1F. The number of pyridine rings is 1. The molecule has 2 aromatic rings. The summed E-state index contributed by atoms with van der Waals surface area (Å²) >= 11 is 0. The third-order valence-corrected chi connectivity index (χ3v) is 6.38. The molecule has 1 aliphatic rings. The summed E-state index contributed by atoms with van der Waals surface area (Å²) in [5.41, 5.74) is 0.718. The van der Waals surface area contributed by atoms with Crippen molar-refractivity contribution >= 4 is 17.6 Å². The summed E-state index contributed by atoms with van der Waals surface area (Å²) in [7, 11) is 0. The number of aryl methyl sites for hydroxylation is 2. The van der Waals surface area contributed by atoms with E-state index in [1.165, 1.54) is 0 Å². The van der Waals surface area contributed by atoms with E-state index in [1.54, 1.807) is 6.07 Å². The van der Waals surface area contributed by atoms with Gasteiger partial charge in [-0.15, -0.1) is 0 Å². The van der Waals surface area contributed by atoms with Crippen LogP contribution in [0.25, 0.3) is 0 Å². The van der Waals surface area contributed by atoms with Gasteiger partial charge in [0.25, 0.3) is 0 Å². The Kier molecular flexibility index (Phi) is 7.65. The van der Waals surface area contributed by atoms with Gasteiger partial charge < -0.3 is 15.4 Å². The van der Waals surface area contributed by atoms with Crippen molar-refractivity contribution in [2.24, 2.45) is 5.41 Å². The molecule has 1 fully saturated rings. The van der Waals surface area contributed by atoms with Gasteiger partial charge in [0.05, 0.1) is 11.0 Å². The van der Waals surface area contributed by atoms with Crippen molar-refractivity contribution < 1.29 is 13.9 Å². The van der Waals surface area contributed by atoms with Gasteiger partial charge in [-0.1, -0.05) is 6.92 Å². The highest BCUT2D eigenvalue weighted by molar-refractivity contribution is 5.78. The lowest BCUT2D eigenvalue weighted by molar-refractivity contribution is -0.170. The van der Waals surface area contributed by atoms with Crippen LogP contribution in [0.3, 0.4) is 0 Å². The molecule has 0 unspecified atom stereocenters. The summed E-state index contributed by atoms with van der Waals surface area (Å²) in [4.78, 5) is 18.1. The molecule has 0 saturated carbocycles. The maximum atomic E-state index is 15.3. The largest absolute Gasteiger partial charge is 0.460 e. The van der Waals surface area contributed by atoms with Crippen molar-refractivity contribution in [1.82, 2.24) is 20.1 Å². The van der Waals surface area contributed by atoms with Gasteiger partial charge in [-0.2, -0.15) is 5.10 Å². The summed E-state index contributed by atoms with van der Waals surface area (Å²) in [6.45, 7) is 18.6. The Morgan fingerprint density at radius 2 is 1.97 bits per heavy atom. The quantitative estimate of drug-likeness (QED) is 0.529. The second-order valence-corrected chi connectivity index (χ2v) is 11.9. The molecule has 1 aliphatic heterocycles. The van der Waals surface area contributed by atoms with E-state index in [-0.39, 0.29) is 29.2 Å². The number of hydrogen-bond donors (Lipinski definition) is 2. The zero-order valence-corrected chi connectivity index (χ0v) is 22.8. The number of anilines is 2. The van der Waals surface area contributed by atoms with Crippen LogP contribution in [-0.4, -0.2) is 38.9 Å². The second kappa shape index (κ2) is 9.88. The smallest absolute Gasteiger partial charge is 0.313 e. The Hall–Kier alpha value is -2.48. The van der Waals surface area contributed by atoms with Gasteiger partial charge in [0, 0.05) is 29.9 Å². The zero-order valence-electron chi connectivity index (χ0n) is 22.8.